The molecule has 0 radical (unpaired) electrons. The van der Waals surface area contributed by atoms with E-state index in [1.807, 2.05) is 0 Å². The van der Waals surface area contributed by atoms with Crippen molar-refractivity contribution in [1.82, 2.24) is 0 Å². The topological polar surface area (TPSA) is 87.7 Å². The van der Waals surface area contributed by atoms with E-state index in [1.165, 1.54) is 19.2 Å². The largest absolute Gasteiger partial charge is 0.508 e. The van der Waals surface area contributed by atoms with Crippen LogP contribution in [-0.4, -0.2) is 24.0 Å². The Hall–Kier alpha value is -3.02. The van der Waals surface area contributed by atoms with Crippen LogP contribution in [-0.2, 0) is 9.59 Å². The predicted octanol–water partition coefficient (Wildman–Crippen LogP) is 1.98. The minimum absolute atomic E-state index is 0.000930. The summed E-state index contributed by atoms with van der Waals surface area (Å²) in [5.41, 5.74) is 0.784. The van der Waals surface area contributed by atoms with Crippen molar-refractivity contribution in [3.05, 3.63) is 48.5 Å². The van der Waals surface area contributed by atoms with Crippen LogP contribution in [0.3, 0.4) is 0 Å². The highest BCUT2D eigenvalue weighted by Crippen LogP contribution is 2.17. The van der Waals surface area contributed by atoms with E-state index >= 15 is 0 Å². The van der Waals surface area contributed by atoms with Gasteiger partial charge in [0, 0.05) is 23.5 Å². The number of anilines is 2. The molecule has 0 aliphatic heterocycles. The molecule has 0 fully saturated rings. The van der Waals surface area contributed by atoms with Crippen molar-refractivity contribution in [3.63, 3.8) is 0 Å². The molecule has 21 heavy (non-hydrogen) atoms. The van der Waals surface area contributed by atoms with E-state index in [4.69, 9.17) is 4.74 Å². The lowest BCUT2D eigenvalue weighted by molar-refractivity contribution is -0.133. The summed E-state index contributed by atoms with van der Waals surface area (Å²) in [4.78, 5) is 23.5. The molecule has 0 atom stereocenters. The van der Waals surface area contributed by atoms with Crippen molar-refractivity contribution in [2.45, 2.75) is 0 Å². The summed E-state index contributed by atoms with van der Waals surface area (Å²) in [6, 6.07) is 12.6. The predicted molar refractivity (Wildman–Crippen MR) is 78.4 cm³/mol. The first-order chi connectivity index (χ1) is 10.1. The fourth-order valence-corrected chi connectivity index (χ4v) is 1.66. The lowest BCUT2D eigenvalue weighted by Gasteiger charge is -2.08. The van der Waals surface area contributed by atoms with Crippen molar-refractivity contribution in [2.75, 3.05) is 17.7 Å². The Bertz CT molecular complexity index is 670. The van der Waals surface area contributed by atoms with Gasteiger partial charge < -0.3 is 20.5 Å². The highest BCUT2D eigenvalue weighted by Gasteiger charge is 2.14. The molecular formula is C15H14N2O4. The zero-order chi connectivity index (χ0) is 15.2. The van der Waals surface area contributed by atoms with Crippen LogP contribution in [0.1, 0.15) is 0 Å². The van der Waals surface area contributed by atoms with Gasteiger partial charge >= 0.3 is 11.8 Å². The van der Waals surface area contributed by atoms with E-state index in [9.17, 15) is 14.7 Å². The van der Waals surface area contributed by atoms with Gasteiger partial charge in [-0.15, -0.1) is 0 Å². The Morgan fingerprint density at radius 3 is 2.10 bits per heavy atom. The van der Waals surface area contributed by atoms with Gasteiger partial charge in [0.25, 0.3) is 0 Å². The second-order valence-corrected chi connectivity index (χ2v) is 4.19. The quantitative estimate of drug-likeness (QED) is 0.753. The van der Waals surface area contributed by atoms with Crippen LogP contribution in [0.5, 0.6) is 11.5 Å². The number of hydrogen-bond donors (Lipinski definition) is 3. The molecule has 0 heterocycles. The maximum atomic E-state index is 11.8. The number of carbonyl (C=O) groups is 2. The summed E-state index contributed by atoms with van der Waals surface area (Å²) in [6.07, 6.45) is 0. The molecule has 0 spiro atoms. The molecule has 0 unspecified atom stereocenters. The van der Waals surface area contributed by atoms with Gasteiger partial charge in [-0.25, -0.2) is 0 Å². The molecule has 0 aliphatic carbocycles. The normalized spacial score (nSPS) is 9.76. The number of nitrogens with one attached hydrogen (secondary N) is 2. The molecule has 2 rings (SSSR count). The average molecular weight is 286 g/mol. The second-order valence-electron chi connectivity index (χ2n) is 4.19. The van der Waals surface area contributed by atoms with E-state index in [2.05, 4.69) is 10.6 Å². The standard InChI is InChI=1S/C15H14N2O4/c1-21-13-7-3-5-11(9-13)17-15(20)14(19)16-10-4-2-6-12(18)8-10/h2-9,18H,1H3,(H,16,19)(H,17,20). The molecule has 3 N–H and O–H groups in total. The lowest BCUT2D eigenvalue weighted by atomic mass is 10.3. The molecule has 6 heteroatoms. The number of rotatable bonds is 3. The van der Waals surface area contributed by atoms with Crippen molar-refractivity contribution < 1.29 is 19.4 Å². The first kappa shape index (κ1) is 14.4. The number of benzene rings is 2. The molecule has 2 amide bonds. The summed E-state index contributed by atoms with van der Waals surface area (Å²) >= 11 is 0. The Morgan fingerprint density at radius 2 is 1.52 bits per heavy atom. The van der Waals surface area contributed by atoms with Crippen LogP contribution in [0.4, 0.5) is 11.4 Å². The van der Waals surface area contributed by atoms with Crippen LogP contribution in [0, 0.1) is 0 Å². The molecule has 0 saturated heterocycles. The minimum atomic E-state index is -0.830. The maximum Gasteiger partial charge on any atom is 0.314 e. The minimum Gasteiger partial charge on any atom is -0.508 e. The molecular weight excluding hydrogens is 272 g/mol. The van der Waals surface area contributed by atoms with E-state index in [0.717, 1.165) is 0 Å². The van der Waals surface area contributed by atoms with Gasteiger partial charge in [0.1, 0.15) is 11.5 Å². The second kappa shape index (κ2) is 6.42. The number of phenolic OH excluding ortho intramolecular Hbond substituents is 1. The molecule has 0 aromatic heterocycles. The van der Waals surface area contributed by atoms with Crippen LogP contribution in [0.15, 0.2) is 48.5 Å². The van der Waals surface area contributed by atoms with Crippen LogP contribution in [0.25, 0.3) is 0 Å². The SMILES string of the molecule is COc1cccc(NC(=O)C(=O)Nc2cccc(O)c2)c1. The molecule has 108 valence electrons. The maximum absolute atomic E-state index is 11.8. The summed E-state index contributed by atoms with van der Waals surface area (Å²) in [5, 5.41) is 14.1. The summed E-state index contributed by atoms with van der Waals surface area (Å²) in [6.45, 7) is 0. The van der Waals surface area contributed by atoms with Gasteiger partial charge in [-0.3, -0.25) is 9.59 Å². The third-order valence-corrected chi connectivity index (χ3v) is 2.64. The summed E-state index contributed by atoms with van der Waals surface area (Å²) in [7, 11) is 1.51. The Kier molecular flexibility index (Phi) is 4.40. The summed E-state index contributed by atoms with van der Waals surface area (Å²) < 4.78 is 5.03. The lowest BCUT2D eigenvalue weighted by Crippen LogP contribution is -2.29. The third kappa shape index (κ3) is 3.97. The zero-order valence-electron chi connectivity index (χ0n) is 11.3. The monoisotopic (exact) mass is 286 g/mol. The zero-order valence-corrected chi connectivity index (χ0v) is 11.3. The van der Waals surface area contributed by atoms with Crippen LogP contribution in [0.2, 0.25) is 0 Å². The van der Waals surface area contributed by atoms with Gasteiger partial charge in [0.05, 0.1) is 7.11 Å². The highest BCUT2D eigenvalue weighted by molar-refractivity contribution is 6.43. The fourth-order valence-electron chi connectivity index (χ4n) is 1.66. The van der Waals surface area contributed by atoms with Crippen LogP contribution >= 0.6 is 0 Å². The number of methoxy groups -OCH3 is 1. The van der Waals surface area contributed by atoms with Crippen LogP contribution < -0.4 is 15.4 Å². The van der Waals surface area contributed by atoms with Gasteiger partial charge in [0.2, 0.25) is 0 Å². The molecule has 2 aromatic carbocycles. The van der Waals surface area contributed by atoms with Gasteiger partial charge in [-0.1, -0.05) is 12.1 Å². The Labute approximate surface area is 121 Å². The molecule has 0 aliphatic rings. The van der Waals surface area contributed by atoms with E-state index < -0.39 is 11.8 Å². The van der Waals surface area contributed by atoms with Gasteiger partial charge in [-0.2, -0.15) is 0 Å². The van der Waals surface area contributed by atoms with Crippen molar-refractivity contribution in [1.29, 1.82) is 0 Å². The first-order valence-electron chi connectivity index (χ1n) is 6.14. The van der Waals surface area contributed by atoms with E-state index in [-0.39, 0.29) is 5.75 Å². The molecule has 2 aromatic rings. The number of aromatic hydroxyl groups is 1. The number of amides is 2. The van der Waals surface area contributed by atoms with Crippen molar-refractivity contribution in [2.24, 2.45) is 0 Å². The van der Waals surface area contributed by atoms with Gasteiger partial charge in [0.15, 0.2) is 0 Å². The number of ether oxygens (including phenoxy) is 1. The fraction of sp³-hybridized carbons (Fsp3) is 0.0667. The van der Waals surface area contributed by atoms with Crippen molar-refractivity contribution in [3.8, 4) is 11.5 Å². The summed E-state index contributed by atoms with van der Waals surface area (Å²) in [5.74, 6) is -1.07. The third-order valence-electron chi connectivity index (χ3n) is 2.64. The number of hydrogen-bond acceptors (Lipinski definition) is 4. The number of phenols is 1. The molecule has 0 bridgehead atoms. The van der Waals surface area contributed by atoms with E-state index in [1.54, 1.807) is 36.4 Å². The molecule has 6 nitrogen and oxygen atoms in total. The smallest absolute Gasteiger partial charge is 0.314 e. The Morgan fingerprint density at radius 1 is 0.952 bits per heavy atom. The Balaban J connectivity index is 2.01. The van der Waals surface area contributed by atoms with Crippen molar-refractivity contribution >= 4 is 23.2 Å². The molecule has 0 saturated carbocycles. The van der Waals surface area contributed by atoms with Gasteiger partial charge in [-0.05, 0) is 24.3 Å². The average Bonchev–Trinajstić information content (AvgIpc) is 2.47. The highest BCUT2D eigenvalue weighted by atomic mass is 16.5. The first-order valence-corrected chi connectivity index (χ1v) is 6.14. The number of carbonyl (C=O) groups excluding carboxylic acids is 2. The van der Waals surface area contributed by atoms with E-state index in [0.29, 0.717) is 17.1 Å².